The summed E-state index contributed by atoms with van der Waals surface area (Å²) in [5.41, 5.74) is 1.17. The number of benzene rings is 2. The van der Waals surface area contributed by atoms with E-state index in [2.05, 4.69) is 0 Å². The van der Waals surface area contributed by atoms with Gasteiger partial charge < -0.3 is 10.0 Å². The first-order valence-electron chi connectivity index (χ1n) is 8.01. The van der Waals surface area contributed by atoms with Gasteiger partial charge in [-0.1, -0.05) is 30.3 Å². The molecule has 1 saturated heterocycles. The van der Waals surface area contributed by atoms with Crippen LogP contribution in [0.3, 0.4) is 0 Å². The lowest BCUT2D eigenvalue weighted by molar-refractivity contribution is -0.132. The molecule has 2 atom stereocenters. The van der Waals surface area contributed by atoms with Crippen LogP contribution >= 0.6 is 0 Å². The number of aryl methyl sites for hydroxylation is 1. The fourth-order valence-electron chi connectivity index (χ4n) is 3.19. The number of halogens is 2. The van der Waals surface area contributed by atoms with Crippen LogP contribution in [-0.4, -0.2) is 28.6 Å². The molecular formula is C19H19F2NO2. The maximum Gasteiger partial charge on any atom is 0.223 e. The van der Waals surface area contributed by atoms with E-state index in [-0.39, 0.29) is 30.9 Å². The molecule has 0 aromatic heterocycles. The van der Waals surface area contributed by atoms with Crippen molar-refractivity contribution in [2.24, 2.45) is 0 Å². The first-order valence-corrected chi connectivity index (χ1v) is 8.01. The number of nitrogens with zero attached hydrogens (tertiary/aromatic N) is 1. The van der Waals surface area contributed by atoms with Crippen molar-refractivity contribution in [2.45, 2.75) is 31.4 Å². The Balaban J connectivity index is 1.75. The molecule has 1 aliphatic heterocycles. The minimum absolute atomic E-state index is 0.125. The number of rotatable bonds is 4. The van der Waals surface area contributed by atoms with Crippen molar-refractivity contribution in [3.63, 3.8) is 0 Å². The molecule has 1 amide bonds. The Morgan fingerprint density at radius 2 is 1.92 bits per heavy atom. The molecule has 1 heterocycles. The van der Waals surface area contributed by atoms with E-state index in [1.807, 2.05) is 30.3 Å². The maximum atomic E-state index is 14.0. The van der Waals surface area contributed by atoms with E-state index in [1.54, 1.807) is 0 Å². The zero-order valence-electron chi connectivity index (χ0n) is 13.2. The third-order valence-electron chi connectivity index (χ3n) is 4.39. The Morgan fingerprint density at radius 1 is 1.17 bits per heavy atom. The van der Waals surface area contributed by atoms with Crippen molar-refractivity contribution < 1.29 is 18.7 Å². The summed E-state index contributed by atoms with van der Waals surface area (Å²) in [6, 6.07) is 12.2. The Kier molecular flexibility index (Phi) is 4.90. The highest BCUT2D eigenvalue weighted by Crippen LogP contribution is 2.34. The van der Waals surface area contributed by atoms with Gasteiger partial charge in [0.2, 0.25) is 5.91 Å². The van der Waals surface area contributed by atoms with Crippen LogP contribution in [0.1, 0.15) is 30.0 Å². The van der Waals surface area contributed by atoms with Crippen LogP contribution in [-0.2, 0) is 11.2 Å². The van der Waals surface area contributed by atoms with Crippen molar-refractivity contribution in [2.75, 3.05) is 6.54 Å². The fraction of sp³-hybridized carbons (Fsp3) is 0.316. The van der Waals surface area contributed by atoms with Crippen molar-refractivity contribution in [3.8, 4) is 0 Å². The van der Waals surface area contributed by atoms with E-state index in [0.29, 0.717) is 6.42 Å². The summed E-state index contributed by atoms with van der Waals surface area (Å²) in [7, 11) is 0. The average molecular weight is 331 g/mol. The average Bonchev–Trinajstić information content (AvgIpc) is 2.97. The van der Waals surface area contributed by atoms with Gasteiger partial charge in [-0.2, -0.15) is 0 Å². The number of carbonyl (C=O) groups is 1. The van der Waals surface area contributed by atoms with Crippen LogP contribution in [0.4, 0.5) is 8.78 Å². The Morgan fingerprint density at radius 3 is 2.67 bits per heavy atom. The zero-order valence-corrected chi connectivity index (χ0v) is 13.2. The molecule has 24 heavy (non-hydrogen) atoms. The minimum atomic E-state index is -0.724. The fourth-order valence-corrected chi connectivity index (χ4v) is 3.19. The van der Waals surface area contributed by atoms with Gasteiger partial charge >= 0.3 is 0 Å². The SMILES string of the molecule is O=C(CCc1ccccc1)N1CC(O)CC1c1cc(F)ccc1F. The van der Waals surface area contributed by atoms with Gasteiger partial charge in [0.25, 0.3) is 0 Å². The molecule has 0 aliphatic carbocycles. The first kappa shape index (κ1) is 16.6. The molecule has 3 rings (SSSR count). The summed E-state index contributed by atoms with van der Waals surface area (Å²) in [6.45, 7) is 0.147. The predicted molar refractivity (Wildman–Crippen MR) is 86.2 cm³/mol. The lowest BCUT2D eigenvalue weighted by Crippen LogP contribution is -2.32. The molecule has 1 aliphatic rings. The Bertz CT molecular complexity index is 721. The largest absolute Gasteiger partial charge is 0.391 e. The second-order valence-corrected chi connectivity index (χ2v) is 6.10. The summed E-state index contributed by atoms with van der Waals surface area (Å²) in [4.78, 5) is 14.0. The van der Waals surface area contributed by atoms with Crippen LogP contribution in [0.2, 0.25) is 0 Å². The van der Waals surface area contributed by atoms with E-state index in [9.17, 15) is 18.7 Å². The molecule has 1 fully saturated rings. The normalized spacial score (nSPS) is 20.4. The van der Waals surface area contributed by atoms with Crippen molar-refractivity contribution in [1.82, 2.24) is 4.90 Å². The maximum absolute atomic E-state index is 14.0. The van der Waals surface area contributed by atoms with E-state index >= 15 is 0 Å². The van der Waals surface area contributed by atoms with E-state index < -0.39 is 23.8 Å². The molecule has 1 N–H and O–H groups in total. The summed E-state index contributed by atoms with van der Waals surface area (Å²) < 4.78 is 27.5. The molecule has 5 heteroatoms. The first-order chi connectivity index (χ1) is 11.5. The summed E-state index contributed by atoms with van der Waals surface area (Å²) in [5.74, 6) is -1.27. The monoisotopic (exact) mass is 331 g/mol. The Labute approximate surface area is 139 Å². The van der Waals surface area contributed by atoms with Gasteiger partial charge in [-0.05, 0) is 36.6 Å². The molecular weight excluding hydrogens is 312 g/mol. The molecule has 0 spiro atoms. The van der Waals surface area contributed by atoms with Crippen molar-refractivity contribution in [1.29, 1.82) is 0 Å². The van der Waals surface area contributed by atoms with Crippen molar-refractivity contribution >= 4 is 5.91 Å². The van der Waals surface area contributed by atoms with E-state index in [1.165, 1.54) is 4.90 Å². The third-order valence-corrected chi connectivity index (χ3v) is 4.39. The standard InChI is InChI=1S/C19H19F2NO2/c20-14-7-8-17(21)16(10-14)18-11-15(23)12-22(18)19(24)9-6-13-4-2-1-3-5-13/h1-5,7-8,10,15,18,23H,6,9,11-12H2. The summed E-state index contributed by atoms with van der Waals surface area (Å²) in [6.07, 6.45) is 0.338. The van der Waals surface area contributed by atoms with Gasteiger partial charge in [-0.15, -0.1) is 0 Å². The number of likely N-dealkylation sites (tertiary alicyclic amines) is 1. The molecule has 2 unspecified atom stereocenters. The van der Waals surface area contributed by atoms with Crippen LogP contribution in [0.5, 0.6) is 0 Å². The molecule has 2 aromatic rings. The Hall–Kier alpha value is -2.27. The van der Waals surface area contributed by atoms with Crippen LogP contribution in [0.15, 0.2) is 48.5 Å². The van der Waals surface area contributed by atoms with Gasteiger partial charge in [0.1, 0.15) is 11.6 Å². The summed E-state index contributed by atoms with van der Waals surface area (Å²) >= 11 is 0. The van der Waals surface area contributed by atoms with Gasteiger partial charge in [0.15, 0.2) is 0 Å². The van der Waals surface area contributed by atoms with E-state index in [0.717, 1.165) is 23.8 Å². The highest BCUT2D eigenvalue weighted by Gasteiger charge is 2.36. The number of hydrogen-bond acceptors (Lipinski definition) is 2. The van der Waals surface area contributed by atoms with Crippen LogP contribution < -0.4 is 0 Å². The lowest BCUT2D eigenvalue weighted by Gasteiger charge is -2.25. The number of aliphatic hydroxyl groups excluding tert-OH is 1. The lowest BCUT2D eigenvalue weighted by atomic mass is 10.0. The zero-order chi connectivity index (χ0) is 17.1. The molecule has 0 saturated carbocycles. The van der Waals surface area contributed by atoms with Crippen molar-refractivity contribution in [3.05, 3.63) is 71.3 Å². The molecule has 0 radical (unpaired) electrons. The van der Waals surface area contributed by atoms with Gasteiger partial charge in [0, 0.05) is 18.5 Å². The molecule has 0 bridgehead atoms. The predicted octanol–water partition coefficient (Wildman–Crippen LogP) is 3.23. The molecule has 126 valence electrons. The smallest absolute Gasteiger partial charge is 0.223 e. The minimum Gasteiger partial charge on any atom is -0.391 e. The van der Waals surface area contributed by atoms with Crippen LogP contribution in [0, 0.1) is 11.6 Å². The summed E-state index contributed by atoms with van der Waals surface area (Å²) in [5, 5.41) is 9.92. The second kappa shape index (κ2) is 7.09. The van der Waals surface area contributed by atoms with Crippen LogP contribution in [0.25, 0.3) is 0 Å². The highest BCUT2D eigenvalue weighted by atomic mass is 19.1. The molecule has 3 nitrogen and oxygen atoms in total. The number of hydrogen-bond donors (Lipinski definition) is 1. The van der Waals surface area contributed by atoms with Gasteiger partial charge in [-0.25, -0.2) is 8.78 Å². The second-order valence-electron chi connectivity index (χ2n) is 6.10. The number of carbonyl (C=O) groups excluding carboxylic acids is 1. The van der Waals surface area contributed by atoms with E-state index in [4.69, 9.17) is 0 Å². The number of β-amino-alcohol motifs (C(OH)–C–C–N with tert-alkyl or cyclic N) is 1. The number of aliphatic hydroxyl groups is 1. The topological polar surface area (TPSA) is 40.5 Å². The third kappa shape index (κ3) is 3.62. The van der Waals surface area contributed by atoms with Gasteiger partial charge in [-0.3, -0.25) is 4.79 Å². The van der Waals surface area contributed by atoms with Gasteiger partial charge in [0.05, 0.1) is 12.1 Å². The molecule has 2 aromatic carbocycles. The highest BCUT2D eigenvalue weighted by molar-refractivity contribution is 5.77. The quantitative estimate of drug-likeness (QED) is 0.934. The number of amides is 1.